The maximum Gasteiger partial charge on any atom is 0.254 e. The third-order valence-electron chi connectivity index (χ3n) is 2.66. The molecule has 0 atom stereocenters. The second-order valence-electron chi connectivity index (χ2n) is 4.34. The molecule has 0 heterocycles. The Morgan fingerprint density at radius 1 is 1.53 bits per heavy atom. The number of hydrogen-bond acceptors (Lipinski definition) is 2. The fraction of sp³-hybridized carbons (Fsp3) is 0.357. The van der Waals surface area contributed by atoms with Crippen molar-refractivity contribution in [1.82, 2.24) is 4.90 Å². The van der Waals surface area contributed by atoms with Crippen molar-refractivity contribution in [2.24, 2.45) is 0 Å². The van der Waals surface area contributed by atoms with Crippen LogP contribution >= 0.6 is 12.6 Å². The van der Waals surface area contributed by atoms with Gasteiger partial charge in [-0.1, -0.05) is 12.1 Å². The molecule has 17 heavy (non-hydrogen) atoms. The first-order valence-corrected chi connectivity index (χ1v) is 6.13. The number of aryl methyl sites for hydroxylation is 1. The van der Waals surface area contributed by atoms with Gasteiger partial charge in [-0.05, 0) is 38.5 Å². The zero-order chi connectivity index (χ0) is 13.0. The Morgan fingerprint density at radius 3 is 2.71 bits per heavy atom. The second-order valence-corrected chi connectivity index (χ2v) is 4.86. The summed E-state index contributed by atoms with van der Waals surface area (Å²) in [5.41, 5.74) is 1.69. The summed E-state index contributed by atoms with van der Waals surface area (Å²) >= 11 is 4.28. The van der Waals surface area contributed by atoms with Crippen LogP contribution in [0.1, 0.15) is 29.8 Å². The van der Waals surface area contributed by atoms with Gasteiger partial charge in [0, 0.05) is 23.0 Å². The maximum atomic E-state index is 12.4. The molecule has 0 bridgehead atoms. The highest BCUT2D eigenvalue weighted by atomic mass is 32.1. The molecule has 0 aromatic heterocycles. The van der Waals surface area contributed by atoms with E-state index in [-0.39, 0.29) is 11.9 Å². The Hall–Kier alpha value is -1.22. The number of rotatable bonds is 4. The zero-order valence-electron chi connectivity index (χ0n) is 10.6. The Bertz CT molecular complexity index is 426. The molecule has 1 amide bonds. The summed E-state index contributed by atoms with van der Waals surface area (Å²) in [5.74, 6) is 0.0355. The third kappa shape index (κ3) is 3.37. The van der Waals surface area contributed by atoms with E-state index in [9.17, 15) is 4.79 Å². The molecule has 1 aromatic carbocycles. The van der Waals surface area contributed by atoms with E-state index in [4.69, 9.17) is 0 Å². The van der Waals surface area contributed by atoms with Crippen LogP contribution in [-0.4, -0.2) is 23.4 Å². The molecule has 0 aliphatic carbocycles. The quantitative estimate of drug-likeness (QED) is 0.641. The van der Waals surface area contributed by atoms with E-state index in [0.29, 0.717) is 12.1 Å². The third-order valence-corrected chi connectivity index (χ3v) is 2.94. The minimum absolute atomic E-state index is 0.0355. The highest BCUT2D eigenvalue weighted by Crippen LogP contribution is 2.17. The lowest BCUT2D eigenvalue weighted by Gasteiger charge is -2.26. The van der Waals surface area contributed by atoms with Crippen molar-refractivity contribution < 1.29 is 4.79 Å². The highest BCUT2D eigenvalue weighted by Gasteiger charge is 2.19. The van der Waals surface area contributed by atoms with Crippen LogP contribution in [0, 0.1) is 6.92 Å². The maximum absolute atomic E-state index is 12.4. The lowest BCUT2D eigenvalue weighted by molar-refractivity contribution is 0.0728. The van der Waals surface area contributed by atoms with Crippen LogP contribution in [-0.2, 0) is 0 Å². The van der Waals surface area contributed by atoms with Crippen LogP contribution in [0.15, 0.2) is 35.7 Å². The van der Waals surface area contributed by atoms with Crippen LogP contribution in [0.2, 0.25) is 0 Å². The minimum Gasteiger partial charge on any atom is -0.333 e. The summed E-state index contributed by atoms with van der Waals surface area (Å²) in [6.45, 7) is 10.2. The van der Waals surface area contributed by atoms with E-state index in [1.807, 2.05) is 39.0 Å². The summed E-state index contributed by atoms with van der Waals surface area (Å²) in [6, 6.07) is 5.78. The SMILES string of the molecule is C=CCN(C(=O)c1cc(S)ccc1C)C(C)C. The lowest BCUT2D eigenvalue weighted by atomic mass is 10.1. The van der Waals surface area contributed by atoms with Crippen molar-refractivity contribution in [3.8, 4) is 0 Å². The molecule has 0 N–H and O–H groups in total. The summed E-state index contributed by atoms with van der Waals surface area (Å²) < 4.78 is 0. The molecule has 1 rings (SSSR count). The van der Waals surface area contributed by atoms with Gasteiger partial charge < -0.3 is 4.90 Å². The molecule has 0 saturated heterocycles. The van der Waals surface area contributed by atoms with Crippen LogP contribution in [0.5, 0.6) is 0 Å². The normalized spacial score (nSPS) is 10.4. The zero-order valence-corrected chi connectivity index (χ0v) is 11.5. The number of hydrogen-bond donors (Lipinski definition) is 1. The highest BCUT2D eigenvalue weighted by molar-refractivity contribution is 7.80. The van der Waals surface area contributed by atoms with E-state index in [1.54, 1.807) is 11.0 Å². The summed E-state index contributed by atoms with van der Waals surface area (Å²) in [6.07, 6.45) is 1.75. The van der Waals surface area contributed by atoms with Crippen LogP contribution in [0.3, 0.4) is 0 Å². The molecule has 2 nitrogen and oxygen atoms in total. The molecule has 0 unspecified atom stereocenters. The van der Waals surface area contributed by atoms with Gasteiger partial charge in [0.15, 0.2) is 0 Å². The van der Waals surface area contributed by atoms with Gasteiger partial charge in [0.05, 0.1) is 0 Å². The van der Waals surface area contributed by atoms with Gasteiger partial charge >= 0.3 is 0 Å². The van der Waals surface area contributed by atoms with Gasteiger partial charge in [0.25, 0.3) is 5.91 Å². The fourth-order valence-corrected chi connectivity index (χ4v) is 1.87. The van der Waals surface area contributed by atoms with E-state index in [1.165, 1.54) is 0 Å². The molecule has 0 spiro atoms. The molecule has 0 fully saturated rings. The topological polar surface area (TPSA) is 20.3 Å². The van der Waals surface area contributed by atoms with Crippen molar-refractivity contribution in [2.75, 3.05) is 6.54 Å². The number of carbonyl (C=O) groups is 1. The van der Waals surface area contributed by atoms with Crippen LogP contribution in [0.25, 0.3) is 0 Å². The van der Waals surface area contributed by atoms with E-state index in [0.717, 1.165) is 10.5 Å². The first-order valence-electron chi connectivity index (χ1n) is 5.68. The van der Waals surface area contributed by atoms with E-state index in [2.05, 4.69) is 19.2 Å². The van der Waals surface area contributed by atoms with Gasteiger partial charge in [0.2, 0.25) is 0 Å². The first kappa shape index (κ1) is 13.8. The Morgan fingerprint density at radius 2 is 2.18 bits per heavy atom. The molecule has 0 aliphatic heterocycles. The molecular weight excluding hydrogens is 230 g/mol. The molecule has 3 heteroatoms. The van der Waals surface area contributed by atoms with Gasteiger partial charge in [-0.25, -0.2) is 0 Å². The second kappa shape index (κ2) is 5.92. The van der Waals surface area contributed by atoms with Gasteiger partial charge in [-0.2, -0.15) is 0 Å². The Kier molecular flexibility index (Phi) is 4.82. The molecule has 0 aliphatic rings. The summed E-state index contributed by atoms with van der Waals surface area (Å²) in [5, 5.41) is 0. The lowest BCUT2D eigenvalue weighted by Crippen LogP contribution is -2.37. The number of carbonyl (C=O) groups excluding carboxylic acids is 1. The summed E-state index contributed by atoms with van der Waals surface area (Å²) in [4.78, 5) is 15.0. The predicted molar refractivity (Wildman–Crippen MR) is 74.8 cm³/mol. The summed E-state index contributed by atoms with van der Waals surface area (Å²) in [7, 11) is 0. The molecule has 0 radical (unpaired) electrons. The van der Waals surface area contributed by atoms with E-state index >= 15 is 0 Å². The first-order chi connectivity index (χ1) is 7.97. The van der Waals surface area contributed by atoms with E-state index < -0.39 is 0 Å². The number of benzene rings is 1. The Balaban J connectivity index is 3.08. The van der Waals surface area contributed by atoms with Gasteiger partial charge in [0.1, 0.15) is 0 Å². The molecule has 92 valence electrons. The largest absolute Gasteiger partial charge is 0.333 e. The van der Waals surface area contributed by atoms with Crippen molar-refractivity contribution in [1.29, 1.82) is 0 Å². The number of amides is 1. The van der Waals surface area contributed by atoms with Crippen molar-refractivity contribution >= 4 is 18.5 Å². The van der Waals surface area contributed by atoms with Gasteiger partial charge in [-0.3, -0.25) is 4.79 Å². The average molecular weight is 249 g/mol. The standard InChI is InChI=1S/C14H19NOS/c1-5-8-15(10(2)3)14(16)13-9-12(17)7-6-11(13)4/h5-7,9-10,17H,1,8H2,2-4H3. The monoisotopic (exact) mass is 249 g/mol. The smallest absolute Gasteiger partial charge is 0.254 e. The van der Waals surface area contributed by atoms with Gasteiger partial charge in [-0.15, -0.1) is 19.2 Å². The number of nitrogens with zero attached hydrogens (tertiary/aromatic N) is 1. The minimum atomic E-state index is 0.0355. The predicted octanol–water partition coefficient (Wildman–Crippen LogP) is 3.32. The van der Waals surface area contributed by atoms with Crippen molar-refractivity contribution in [3.05, 3.63) is 42.0 Å². The van der Waals surface area contributed by atoms with Crippen molar-refractivity contribution in [3.63, 3.8) is 0 Å². The Labute approximate surface area is 109 Å². The van der Waals surface area contributed by atoms with Crippen LogP contribution in [0.4, 0.5) is 0 Å². The molecule has 1 aromatic rings. The average Bonchev–Trinajstić information content (AvgIpc) is 2.28. The number of thiol groups is 1. The van der Waals surface area contributed by atoms with Crippen LogP contribution < -0.4 is 0 Å². The van der Waals surface area contributed by atoms with Crippen molar-refractivity contribution in [2.45, 2.75) is 31.7 Å². The fourth-order valence-electron chi connectivity index (χ4n) is 1.66. The molecular formula is C14H19NOS. The molecule has 0 saturated carbocycles.